The minimum atomic E-state index is -0.496. The molecule has 0 saturated heterocycles. The lowest BCUT2D eigenvalue weighted by atomic mass is 10.2. The number of hydrazine groups is 1. The third kappa shape index (κ3) is 1.56. The summed E-state index contributed by atoms with van der Waals surface area (Å²) in [7, 11) is 0. The first-order chi connectivity index (χ1) is 6.70. The van der Waals surface area contributed by atoms with E-state index in [0.717, 1.165) is 15.0 Å². The highest BCUT2D eigenvalue weighted by Crippen LogP contribution is 2.04. The van der Waals surface area contributed by atoms with Gasteiger partial charge in [-0.1, -0.05) is 15.9 Å². The monoisotopic (exact) mass is 253 g/mol. The van der Waals surface area contributed by atoms with Gasteiger partial charge < -0.3 is 0 Å². The summed E-state index contributed by atoms with van der Waals surface area (Å²) in [6.07, 6.45) is 1.78. The Morgan fingerprint density at radius 1 is 1.57 bits per heavy atom. The molecule has 0 fully saturated rings. The summed E-state index contributed by atoms with van der Waals surface area (Å²) in [5.74, 6) is 4.73. The Kier molecular flexibility index (Phi) is 2.35. The number of carbonyl (C=O) groups is 1. The average Bonchev–Trinajstić information content (AvgIpc) is 2.59. The summed E-state index contributed by atoms with van der Waals surface area (Å²) in [6, 6.07) is 5.17. The molecular weight excluding hydrogens is 246 g/mol. The molecule has 0 radical (unpaired) electrons. The van der Waals surface area contributed by atoms with Crippen LogP contribution < -0.4 is 21.8 Å². The molecule has 5 heteroatoms. The lowest BCUT2D eigenvalue weighted by Crippen LogP contribution is -2.36. The number of nitrogens with two attached hydrogens (primary N) is 1. The second kappa shape index (κ2) is 3.51. The standard InChI is InChI=1S/C9H8BrN3O/c10-6-1-2-7-5(3-6)4-8(12-7)9(14)13-11/h1-4,8H,11H2,(H,13,14)/t8-/m1/s1. The van der Waals surface area contributed by atoms with E-state index in [2.05, 4.69) is 26.3 Å². The Bertz CT molecular complexity index is 497. The van der Waals surface area contributed by atoms with Crippen LogP contribution in [-0.4, -0.2) is 11.9 Å². The normalized spacial score (nSPS) is 18.0. The van der Waals surface area contributed by atoms with Gasteiger partial charge in [0.2, 0.25) is 0 Å². The van der Waals surface area contributed by atoms with Gasteiger partial charge in [0.05, 0.1) is 5.36 Å². The van der Waals surface area contributed by atoms with Crippen LogP contribution in [-0.2, 0) is 4.79 Å². The molecule has 1 aromatic rings. The minimum absolute atomic E-state index is 0.294. The van der Waals surface area contributed by atoms with Gasteiger partial charge in [-0.05, 0) is 29.5 Å². The van der Waals surface area contributed by atoms with Gasteiger partial charge >= 0.3 is 0 Å². The van der Waals surface area contributed by atoms with Crippen molar-refractivity contribution in [3.05, 3.63) is 33.2 Å². The molecule has 0 saturated carbocycles. The molecule has 0 bridgehead atoms. The molecule has 0 spiro atoms. The van der Waals surface area contributed by atoms with Crippen LogP contribution in [0.5, 0.6) is 0 Å². The Balaban J connectivity index is 2.48. The second-order valence-electron chi connectivity index (χ2n) is 2.95. The van der Waals surface area contributed by atoms with Gasteiger partial charge in [-0.3, -0.25) is 15.2 Å². The van der Waals surface area contributed by atoms with E-state index in [0.29, 0.717) is 0 Å². The van der Waals surface area contributed by atoms with Gasteiger partial charge in [-0.25, -0.2) is 5.84 Å². The maximum absolute atomic E-state index is 11.2. The van der Waals surface area contributed by atoms with Gasteiger partial charge in [0.1, 0.15) is 6.04 Å². The molecule has 1 atom stereocenters. The predicted molar refractivity (Wildman–Crippen MR) is 55.5 cm³/mol. The lowest BCUT2D eigenvalue weighted by molar-refractivity contribution is -0.121. The fourth-order valence-electron chi connectivity index (χ4n) is 1.35. The summed E-state index contributed by atoms with van der Waals surface area (Å²) >= 11 is 3.35. The maximum Gasteiger partial charge on any atom is 0.262 e. The van der Waals surface area contributed by atoms with Crippen LogP contribution in [0.1, 0.15) is 0 Å². The SMILES string of the molecule is NNC(=O)[C@H]1C=c2cc(Br)ccc2=N1. The second-order valence-corrected chi connectivity index (χ2v) is 3.87. The Labute approximate surface area is 88.6 Å². The van der Waals surface area contributed by atoms with Gasteiger partial charge in [0.15, 0.2) is 0 Å². The Morgan fingerprint density at radius 3 is 3.07 bits per heavy atom. The van der Waals surface area contributed by atoms with Crippen molar-refractivity contribution < 1.29 is 4.79 Å². The van der Waals surface area contributed by atoms with Crippen LogP contribution >= 0.6 is 15.9 Å². The number of halogens is 1. The molecule has 3 N–H and O–H groups in total. The first kappa shape index (κ1) is 9.36. The summed E-state index contributed by atoms with van der Waals surface area (Å²) < 4.78 is 0.969. The summed E-state index contributed by atoms with van der Waals surface area (Å²) in [6.45, 7) is 0. The molecule has 1 amide bonds. The van der Waals surface area contributed by atoms with Crippen LogP contribution in [0.2, 0.25) is 0 Å². The molecule has 1 aromatic carbocycles. The highest BCUT2D eigenvalue weighted by Gasteiger charge is 2.16. The number of nitrogens with zero attached hydrogens (tertiary/aromatic N) is 1. The van der Waals surface area contributed by atoms with Crippen molar-refractivity contribution in [1.82, 2.24) is 5.43 Å². The molecule has 1 aliphatic heterocycles. The molecule has 4 nitrogen and oxygen atoms in total. The third-order valence-corrected chi connectivity index (χ3v) is 2.51. The Morgan fingerprint density at radius 2 is 2.36 bits per heavy atom. The largest absolute Gasteiger partial charge is 0.292 e. The lowest BCUT2D eigenvalue weighted by Gasteiger charge is -2.00. The van der Waals surface area contributed by atoms with Gasteiger partial charge in [-0.2, -0.15) is 0 Å². The van der Waals surface area contributed by atoms with Gasteiger partial charge in [0, 0.05) is 4.47 Å². The quantitative estimate of drug-likeness (QED) is 0.392. The van der Waals surface area contributed by atoms with E-state index in [9.17, 15) is 4.79 Å². The van der Waals surface area contributed by atoms with Gasteiger partial charge in [0.25, 0.3) is 5.91 Å². The zero-order valence-corrected chi connectivity index (χ0v) is 8.78. The van der Waals surface area contributed by atoms with Crippen molar-refractivity contribution in [3.8, 4) is 0 Å². The summed E-state index contributed by atoms with van der Waals surface area (Å²) in [5, 5.41) is 1.77. The number of nitrogens with one attached hydrogen (secondary N) is 1. The van der Waals surface area contributed by atoms with Crippen molar-refractivity contribution in [1.29, 1.82) is 0 Å². The number of rotatable bonds is 1. The molecule has 1 heterocycles. The van der Waals surface area contributed by atoms with Crippen LogP contribution in [0.4, 0.5) is 0 Å². The number of carbonyl (C=O) groups excluding carboxylic acids is 1. The predicted octanol–water partition coefficient (Wildman–Crippen LogP) is -0.779. The Hall–Kier alpha value is -1.20. The first-order valence-electron chi connectivity index (χ1n) is 4.06. The van der Waals surface area contributed by atoms with Crippen molar-refractivity contribution in [2.45, 2.75) is 6.04 Å². The van der Waals surface area contributed by atoms with E-state index in [4.69, 9.17) is 5.84 Å². The van der Waals surface area contributed by atoms with Crippen molar-refractivity contribution in [3.63, 3.8) is 0 Å². The van der Waals surface area contributed by atoms with E-state index in [1.807, 2.05) is 18.2 Å². The summed E-state index contributed by atoms with van der Waals surface area (Å²) in [4.78, 5) is 15.4. The topological polar surface area (TPSA) is 67.5 Å². The zero-order chi connectivity index (χ0) is 10.1. The average molecular weight is 254 g/mol. The van der Waals surface area contributed by atoms with Crippen LogP contribution in [0.25, 0.3) is 6.08 Å². The molecule has 0 unspecified atom stereocenters. The fraction of sp³-hybridized carbons (Fsp3) is 0.111. The van der Waals surface area contributed by atoms with E-state index in [-0.39, 0.29) is 5.91 Å². The fourth-order valence-corrected chi connectivity index (χ4v) is 1.73. The number of benzene rings is 1. The first-order valence-corrected chi connectivity index (χ1v) is 4.86. The molecule has 0 aliphatic carbocycles. The molecule has 14 heavy (non-hydrogen) atoms. The van der Waals surface area contributed by atoms with E-state index in [1.54, 1.807) is 6.08 Å². The molecule has 1 aliphatic rings. The van der Waals surface area contributed by atoms with Crippen LogP contribution in [0.15, 0.2) is 27.7 Å². The smallest absolute Gasteiger partial charge is 0.262 e. The van der Waals surface area contributed by atoms with E-state index in [1.165, 1.54) is 0 Å². The van der Waals surface area contributed by atoms with E-state index < -0.39 is 6.04 Å². The molecular formula is C9H8BrN3O. The molecule has 0 aromatic heterocycles. The molecule has 2 rings (SSSR count). The van der Waals surface area contributed by atoms with Crippen molar-refractivity contribution >= 4 is 27.9 Å². The highest BCUT2D eigenvalue weighted by atomic mass is 79.9. The third-order valence-electron chi connectivity index (χ3n) is 2.02. The summed E-state index contributed by atoms with van der Waals surface area (Å²) in [5.41, 5.74) is 2.08. The van der Waals surface area contributed by atoms with Crippen molar-refractivity contribution in [2.24, 2.45) is 10.8 Å². The van der Waals surface area contributed by atoms with E-state index >= 15 is 0 Å². The zero-order valence-electron chi connectivity index (χ0n) is 7.20. The molecule has 72 valence electrons. The maximum atomic E-state index is 11.2. The minimum Gasteiger partial charge on any atom is -0.292 e. The van der Waals surface area contributed by atoms with Crippen LogP contribution in [0, 0.1) is 0 Å². The van der Waals surface area contributed by atoms with Gasteiger partial charge in [-0.15, -0.1) is 0 Å². The van der Waals surface area contributed by atoms with Crippen LogP contribution in [0.3, 0.4) is 0 Å². The number of hydrogen-bond acceptors (Lipinski definition) is 3. The van der Waals surface area contributed by atoms with Crippen molar-refractivity contribution in [2.75, 3.05) is 0 Å². The number of fused-ring (bicyclic) bond motifs is 1. The highest BCUT2D eigenvalue weighted by molar-refractivity contribution is 9.10. The number of hydrogen-bond donors (Lipinski definition) is 2. The number of amides is 1.